The Morgan fingerprint density at radius 2 is 1.56 bits per heavy atom. The summed E-state index contributed by atoms with van der Waals surface area (Å²) in [5.41, 5.74) is 2.93. The molecule has 4 aromatic rings. The number of urea groups is 1. The molecule has 0 saturated carbocycles. The van der Waals surface area contributed by atoms with Crippen LogP contribution in [0.5, 0.6) is 0 Å². The number of amides is 3. The van der Waals surface area contributed by atoms with E-state index in [0.717, 1.165) is 16.5 Å². The molecule has 8 heteroatoms. The number of hydrogen-bond acceptors (Lipinski definition) is 3. The molecule has 0 atom stereocenters. The van der Waals surface area contributed by atoms with Crippen LogP contribution in [0.3, 0.4) is 0 Å². The first-order chi connectivity index (χ1) is 15.4. The Balaban J connectivity index is 1.56. The highest BCUT2D eigenvalue weighted by molar-refractivity contribution is 6.34. The molecule has 6 nitrogen and oxygen atoms in total. The third-order valence-electron chi connectivity index (χ3n) is 4.69. The molecule has 0 bridgehead atoms. The van der Waals surface area contributed by atoms with Gasteiger partial charge in [-0.3, -0.25) is 9.78 Å². The smallest absolute Gasteiger partial charge is 0.323 e. The van der Waals surface area contributed by atoms with Gasteiger partial charge in [-0.15, -0.1) is 0 Å². The largest absolute Gasteiger partial charge is 0.326 e. The summed E-state index contributed by atoms with van der Waals surface area (Å²) in [4.78, 5) is 28.2. The minimum absolute atomic E-state index is 0.209. The molecule has 1 aromatic heterocycles. The molecular weight excluding hydrogens is 447 g/mol. The number of aromatic nitrogens is 1. The molecule has 1 heterocycles. The highest BCUT2D eigenvalue weighted by atomic mass is 35.5. The van der Waals surface area contributed by atoms with Gasteiger partial charge in [-0.1, -0.05) is 47.5 Å². The average molecular weight is 465 g/mol. The number of benzene rings is 3. The number of carbonyl (C=O) groups is 2. The molecular formula is C24H18Cl2N4O2. The van der Waals surface area contributed by atoms with Crippen LogP contribution in [0.15, 0.2) is 72.9 Å². The summed E-state index contributed by atoms with van der Waals surface area (Å²) >= 11 is 12.7. The van der Waals surface area contributed by atoms with E-state index in [9.17, 15) is 9.59 Å². The molecule has 3 aromatic carbocycles. The van der Waals surface area contributed by atoms with E-state index in [1.165, 1.54) is 6.92 Å². The van der Waals surface area contributed by atoms with E-state index in [2.05, 4.69) is 20.9 Å². The van der Waals surface area contributed by atoms with Crippen molar-refractivity contribution in [2.45, 2.75) is 6.92 Å². The molecule has 0 aliphatic rings. The second-order valence-electron chi connectivity index (χ2n) is 7.03. The van der Waals surface area contributed by atoms with Crippen LogP contribution in [-0.4, -0.2) is 16.9 Å². The van der Waals surface area contributed by atoms with Crippen molar-refractivity contribution in [3.05, 3.63) is 83.0 Å². The molecule has 160 valence electrons. The molecule has 3 amide bonds. The molecule has 3 N–H and O–H groups in total. The standard InChI is InChI=1S/C24H18Cl2N4O2/c1-14(31)28-17-7-9-22(21(26)13-17)30-24(32)29-16-6-8-20(25)19(12-16)23-18-5-3-2-4-15(18)10-11-27-23/h2-13H,1H3,(H,28,31)(H2,29,30,32). The maximum absolute atomic E-state index is 12.5. The Hall–Kier alpha value is -3.61. The number of halogens is 2. The lowest BCUT2D eigenvalue weighted by molar-refractivity contribution is -0.114. The van der Waals surface area contributed by atoms with E-state index < -0.39 is 6.03 Å². The number of pyridine rings is 1. The van der Waals surface area contributed by atoms with Gasteiger partial charge in [0.05, 0.1) is 21.4 Å². The zero-order valence-corrected chi connectivity index (χ0v) is 18.5. The van der Waals surface area contributed by atoms with Crippen molar-refractivity contribution >= 4 is 63.0 Å². The molecule has 0 radical (unpaired) electrons. The summed E-state index contributed by atoms with van der Waals surface area (Å²) in [6, 6.07) is 19.4. The molecule has 0 fully saturated rings. The van der Waals surface area contributed by atoms with Gasteiger partial charge < -0.3 is 16.0 Å². The molecule has 0 spiro atoms. The normalized spacial score (nSPS) is 10.6. The van der Waals surface area contributed by atoms with Gasteiger partial charge >= 0.3 is 6.03 Å². The van der Waals surface area contributed by atoms with Crippen LogP contribution in [0, 0.1) is 0 Å². The summed E-state index contributed by atoms with van der Waals surface area (Å²) in [6.07, 6.45) is 1.73. The fourth-order valence-corrected chi connectivity index (χ4v) is 3.74. The van der Waals surface area contributed by atoms with Crippen LogP contribution in [0.2, 0.25) is 10.0 Å². The van der Waals surface area contributed by atoms with E-state index in [-0.39, 0.29) is 5.91 Å². The van der Waals surface area contributed by atoms with Crippen molar-refractivity contribution in [3.63, 3.8) is 0 Å². The number of fused-ring (bicyclic) bond motifs is 1. The van der Waals surface area contributed by atoms with Gasteiger partial charge in [0, 0.05) is 35.4 Å². The maximum Gasteiger partial charge on any atom is 0.323 e. The first-order valence-corrected chi connectivity index (χ1v) is 10.4. The van der Waals surface area contributed by atoms with Crippen molar-refractivity contribution in [2.75, 3.05) is 16.0 Å². The van der Waals surface area contributed by atoms with Gasteiger partial charge in [0.15, 0.2) is 0 Å². The highest BCUT2D eigenvalue weighted by Gasteiger charge is 2.12. The number of rotatable bonds is 4. The van der Waals surface area contributed by atoms with Crippen molar-refractivity contribution < 1.29 is 9.59 Å². The number of carbonyl (C=O) groups excluding carboxylic acids is 2. The number of anilines is 3. The lowest BCUT2D eigenvalue weighted by atomic mass is 10.0. The molecule has 0 aliphatic heterocycles. The van der Waals surface area contributed by atoms with Crippen LogP contribution >= 0.6 is 23.2 Å². The summed E-state index contributed by atoms with van der Waals surface area (Å²) < 4.78 is 0. The Bertz CT molecular complexity index is 1340. The van der Waals surface area contributed by atoms with Gasteiger partial charge in [0.1, 0.15) is 0 Å². The van der Waals surface area contributed by atoms with E-state index in [1.54, 1.807) is 42.6 Å². The van der Waals surface area contributed by atoms with Gasteiger partial charge in [-0.05, 0) is 47.9 Å². The molecule has 32 heavy (non-hydrogen) atoms. The summed E-state index contributed by atoms with van der Waals surface area (Å²) in [5.74, 6) is -0.209. The van der Waals surface area contributed by atoms with E-state index in [0.29, 0.717) is 32.7 Å². The predicted molar refractivity (Wildman–Crippen MR) is 131 cm³/mol. The van der Waals surface area contributed by atoms with Crippen LogP contribution in [-0.2, 0) is 4.79 Å². The van der Waals surface area contributed by atoms with E-state index in [4.69, 9.17) is 23.2 Å². The Morgan fingerprint density at radius 1 is 0.812 bits per heavy atom. The highest BCUT2D eigenvalue weighted by Crippen LogP contribution is 2.34. The Kier molecular flexibility index (Phi) is 6.25. The topological polar surface area (TPSA) is 83.1 Å². The minimum atomic E-state index is -0.474. The molecule has 0 saturated heterocycles. The summed E-state index contributed by atoms with van der Waals surface area (Å²) in [7, 11) is 0. The fourth-order valence-electron chi connectivity index (χ4n) is 3.30. The lowest BCUT2D eigenvalue weighted by Crippen LogP contribution is -2.19. The second kappa shape index (κ2) is 9.26. The van der Waals surface area contributed by atoms with E-state index >= 15 is 0 Å². The summed E-state index contributed by atoms with van der Waals surface area (Å²) in [6.45, 7) is 1.40. The molecule has 0 aliphatic carbocycles. The zero-order valence-electron chi connectivity index (χ0n) is 16.9. The summed E-state index contributed by atoms with van der Waals surface area (Å²) in [5, 5.41) is 10.9. The fraction of sp³-hybridized carbons (Fsp3) is 0.0417. The molecule has 0 unspecified atom stereocenters. The first kappa shape index (κ1) is 21.6. The van der Waals surface area contributed by atoms with Gasteiger partial charge in [0.25, 0.3) is 0 Å². The monoisotopic (exact) mass is 464 g/mol. The van der Waals surface area contributed by atoms with E-state index in [1.807, 2.05) is 30.3 Å². The minimum Gasteiger partial charge on any atom is -0.326 e. The third kappa shape index (κ3) is 4.82. The zero-order chi connectivity index (χ0) is 22.7. The second-order valence-corrected chi connectivity index (χ2v) is 7.84. The Morgan fingerprint density at radius 3 is 2.34 bits per heavy atom. The Labute approximate surface area is 194 Å². The van der Waals surface area contributed by atoms with Crippen LogP contribution in [0.1, 0.15) is 6.92 Å². The van der Waals surface area contributed by atoms with Crippen molar-refractivity contribution in [1.29, 1.82) is 0 Å². The van der Waals surface area contributed by atoms with Crippen molar-refractivity contribution in [2.24, 2.45) is 0 Å². The quantitative estimate of drug-likeness (QED) is 0.310. The number of nitrogens with zero attached hydrogens (tertiary/aromatic N) is 1. The van der Waals surface area contributed by atoms with Crippen LogP contribution in [0.25, 0.3) is 22.0 Å². The average Bonchev–Trinajstić information content (AvgIpc) is 2.76. The van der Waals surface area contributed by atoms with Crippen LogP contribution in [0.4, 0.5) is 21.9 Å². The van der Waals surface area contributed by atoms with Crippen molar-refractivity contribution in [1.82, 2.24) is 4.98 Å². The first-order valence-electron chi connectivity index (χ1n) is 9.69. The SMILES string of the molecule is CC(=O)Nc1ccc(NC(=O)Nc2ccc(Cl)c(-c3nccc4ccccc34)c2)c(Cl)c1. The third-order valence-corrected chi connectivity index (χ3v) is 5.33. The predicted octanol–water partition coefficient (Wildman–Crippen LogP) is 6.81. The molecule has 4 rings (SSSR count). The van der Waals surface area contributed by atoms with Crippen LogP contribution < -0.4 is 16.0 Å². The van der Waals surface area contributed by atoms with Gasteiger partial charge in [-0.25, -0.2) is 4.79 Å². The lowest BCUT2D eigenvalue weighted by Gasteiger charge is -2.13. The maximum atomic E-state index is 12.5. The van der Waals surface area contributed by atoms with Gasteiger partial charge in [-0.2, -0.15) is 0 Å². The van der Waals surface area contributed by atoms with Crippen molar-refractivity contribution in [3.8, 4) is 11.3 Å². The number of nitrogens with one attached hydrogen (secondary N) is 3. The number of hydrogen-bond donors (Lipinski definition) is 3. The van der Waals surface area contributed by atoms with Gasteiger partial charge in [0.2, 0.25) is 5.91 Å².